The molecule has 1 fully saturated rings. The van der Waals surface area contributed by atoms with Gasteiger partial charge in [0.25, 0.3) is 0 Å². The van der Waals surface area contributed by atoms with E-state index >= 15 is 0 Å². The number of benzene rings is 1. The van der Waals surface area contributed by atoms with Gasteiger partial charge in [0.05, 0.1) is 17.8 Å². The maximum atomic E-state index is 11.0. The molecule has 2 aromatic heterocycles. The number of hydrogen-bond donors (Lipinski definition) is 3. The molecule has 0 radical (unpaired) electrons. The zero-order chi connectivity index (χ0) is 19.9. The average Bonchev–Trinajstić information content (AvgIpc) is 3.03. The Bertz CT molecular complexity index is 1010. The van der Waals surface area contributed by atoms with Crippen molar-refractivity contribution in [3.05, 3.63) is 41.6 Å². The lowest BCUT2D eigenvalue weighted by molar-refractivity contribution is -0.365. The van der Waals surface area contributed by atoms with Gasteiger partial charge in [0.2, 0.25) is 0 Å². The number of aromatic amines is 2. The zero-order valence-corrected chi connectivity index (χ0v) is 16.8. The molecule has 4 rings (SSSR count). The van der Waals surface area contributed by atoms with E-state index in [0.717, 1.165) is 41.0 Å². The summed E-state index contributed by atoms with van der Waals surface area (Å²) in [7, 11) is 0. The maximum absolute atomic E-state index is 11.0. The molecule has 0 unspecified atom stereocenters. The second kappa shape index (κ2) is 6.67. The quantitative estimate of drug-likeness (QED) is 0.593. The van der Waals surface area contributed by atoms with Gasteiger partial charge in [-0.1, -0.05) is 17.1 Å². The molecule has 3 heterocycles. The summed E-state index contributed by atoms with van der Waals surface area (Å²) in [6.45, 7) is 8.95. The van der Waals surface area contributed by atoms with Crippen LogP contribution in [0.5, 0.6) is 0 Å². The van der Waals surface area contributed by atoms with Crippen LogP contribution in [-0.4, -0.2) is 27.1 Å². The number of rotatable bonds is 4. The summed E-state index contributed by atoms with van der Waals surface area (Å²) in [4.78, 5) is 22.2. The molecule has 1 saturated heterocycles. The second-order valence-electron chi connectivity index (χ2n) is 8.96. The summed E-state index contributed by atoms with van der Waals surface area (Å²) in [6, 6.07) is 7.77. The van der Waals surface area contributed by atoms with Crippen LogP contribution in [0.3, 0.4) is 0 Å². The van der Waals surface area contributed by atoms with Gasteiger partial charge in [-0.25, -0.2) is 4.98 Å². The molecule has 7 heteroatoms. The first-order valence-corrected chi connectivity index (χ1v) is 9.65. The van der Waals surface area contributed by atoms with Crippen LogP contribution < -0.4 is 15.6 Å². The number of nitrogens with one attached hydrogen (secondary N) is 4. The van der Waals surface area contributed by atoms with Gasteiger partial charge in [-0.2, -0.15) is 0 Å². The topological polar surface area (TPSA) is 96.3 Å². The minimum absolute atomic E-state index is 0.0616. The van der Waals surface area contributed by atoms with Crippen LogP contribution >= 0.6 is 0 Å². The molecule has 1 aliphatic rings. The van der Waals surface area contributed by atoms with Gasteiger partial charge in [0.15, 0.2) is 5.69 Å². The van der Waals surface area contributed by atoms with Gasteiger partial charge in [-0.3, -0.25) is 5.32 Å². The van der Waals surface area contributed by atoms with Crippen molar-refractivity contribution < 1.29 is 4.98 Å². The predicted molar refractivity (Wildman–Crippen MR) is 111 cm³/mol. The summed E-state index contributed by atoms with van der Waals surface area (Å²) in [6.07, 6.45) is 5.79. The number of hydrogen-bond acceptors (Lipinski definition) is 5. The predicted octanol–water partition coefficient (Wildman–Crippen LogP) is 4.16. The minimum Gasteiger partial charge on any atom is -0.359 e. The number of fused-ring (bicyclic) bond motifs is 1. The first-order chi connectivity index (χ1) is 13.3. The fourth-order valence-corrected chi connectivity index (χ4v) is 4.66. The molecular weight excluding hydrogens is 352 g/mol. The van der Waals surface area contributed by atoms with Crippen molar-refractivity contribution in [3.63, 3.8) is 0 Å². The molecule has 0 atom stereocenters. The molecule has 0 spiro atoms. The first-order valence-electron chi connectivity index (χ1n) is 9.65. The smallest absolute Gasteiger partial charge is 0.359 e. The number of aromatic nitrogens is 3. The van der Waals surface area contributed by atoms with Crippen molar-refractivity contribution in [1.82, 2.24) is 15.3 Å². The lowest BCUT2D eigenvalue weighted by Gasteiger charge is -2.45. The first kappa shape index (κ1) is 18.6. The van der Waals surface area contributed by atoms with Gasteiger partial charge in [0.1, 0.15) is 5.69 Å². The van der Waals surface area contributed by atoms with Gasteiger partial charge < -0.3 is 10.3 Å². The van der Waals surface area contributed by atoms with Gasteiger partial charge in [-0.05, 0) is 51.8 Å². The monoisotopic (exact) mass is 379 g/mol. The SMILES string of the molecule is CC1(C)CC(Nc2nc(-c3c[nH]c4c(N=O)cccc34)cc[nH+]2)CC(C)(C)N1. The molecule has 28 heavy (non-hydrogen) atoms. The molecule has 0 aliphatic carbocycles. The fourth-order valence-electron chi connectivity index (χ4n) is 4.66. The Hall–Kier alpha value is -2.80. The van der Waals surface area contributed by atoms with E-state index in [-0.39, 0.29) is 11.1 Å². The summed E-state index contributed by atoms with van der Waals surface area (Å²) in [5, 5.41) is 11.3. The molecule has 1 aromatic carbocycles. The van der Waals surface area contributed by atoms with E-state index < -0.39 is 0 Å². The Morgan fingerprint density at radius 3 is 2.64 bits per heavy atom. The molecule has 146 valence electrons. The van der Waals surface area contributed by atoms with Crippen molar-refractivity contribution in [3.8, 4) is 11.3 Å². The molecule has 1 aliphatic heterocycles. The summed E-state index contributed by atoms with van der Waals surface area (Å²) >= 11 is 0. The lowest BCUT2D eigenvalue weighted by atomic mass is 9.80. The third kappa shape index (κ3) is 3.62. The molecule has 4 N–H and O–H groups in total. The number of nitroso groups, excluding NO2 is 1. The van der Waals surface area contributed by atoms with Crippen LogP contribution in [0, 0.1) is 4.91 Å². The van der Waals surface area contributed by atoms with E-state index in [1.54, 1.807) is 6.07 Å². The highest BCUT2D eigenvalue weighted by atomic mass is 16.3. The van der Waals surface area contributed by atoms with Crippen LogP contribution in [-0.2, 0) is 0 Å². The van der Waals surface area contributed by atoms with Crippen molar-refractivity contribution in [2.24, 2.45) is 5.18 Å². The van der Waals surface area contributed by atoms with Crippen molar-refractivity contribution in [2.45, 2.75) is 57.7 Å². The van der Waals surface area contributed by atoms with Crippen LogP contribution in [0.15, 0.2) is 41.8 Å². The van der Waals surface area contributed by atoms with Crippen molar-refractivity contribution in [1.29, 1.82) is 0 Å². The molecule has 0 amide bonds. The summed E-state index contributed by atoms with van der Waals surface area (Å²) in [5.74, 6) is 0.745. The Morgan fingerprint density at radius 1 is 1.18 bits per heavy atom. The maximum Gasteiger partial charge on any atom is 0.389 e. The highest BCUT2D eigenvalue weighted by molar-refractivity contribution is 6.00. The van der Waals surface area contributed by atoms with Crippen LogP contribution in [0.1, 0.15) is 40.5 Å². The number of piperidine rings is 1. The molecule has 0 saturated carbocycles. The fraction of sp³-hybridized carbons (Fsp3) is 0.429. The summed E-state index contributed by atoms with van der Waals surface area (Å²) < 4.78 is 0. The average molecular weight is 379 g/mol. The Morgan fingerprint density at radius 2 is 1.93 bits per heavy atom. The number of para-hydroxylation sites is 1. The Kier molecular flexibility index (Phi) is 4.42. The van der Waals surface area contributed by atoms with E-state index in [4.69, 9.17) is 4.98 Å². The van der Waals surface area contributed by atoms with E-state index in [0.29, 0.717) is 11.7 Å². The third-order valence-corrected chi connectivity index (χ3v) is 5.29. The Labute approximate surface area is 164 Å². The molecular formula is C21H27N6O+. The highest BCUT2D eigenvalue weighted by Gasteiger charge is 2.39. The van der Waals surface area contributed by atoms with E-state index in [1.807, 2.05) is 30.6 Å². The lowest BCUT2D eigenvalue weighted by Crippen LogP contribution is -2.60. The van der Waals surface area contributed by atoms with Crippen molar-refractivity contribution in [2.75, 3.05) is 5.32 Å². The molecule has 3 aromatic rings. The van der Waals surface area contributed by atoms with Crippen LogP contribution in [0.25, 0.3) is 22.2 Å². The van der Waals surface area contributed by atoms with Gasteiger partial charge >= 0.3 is 5.95 Å². The number of H-pyrrole nitrogens is 2. The molecule has 0 bridgehead atoms. The van der Waals surface area contributed by atoms with Crippen molar-refractivity contribution >= 4 is 22.5 Å². The molecule has 7 nitrogen and oxygen atoms in total. The van der Waals surface area contributed by atoms with Gasteiger partial charge in [0, 0.05) is 34.3 Å². The minimum atomic E-state index is 0.0616. The highest BCUT2D eigenvalue weighted by Crippen LogP contribution is 2.33. The summed E-state index contributed by atoms with van der Waals surface area (Å²) in [5.41, 5.74) is 3.05. The largest absolute Gasteiger partial charge is 0.389 e. The standard InChI is InChI=1S/C21H26N6O/c1-20(2)10-13(11-21(3,4)27-20)24-19-22-9-8-16(25-19)15-12-23-18-14(15)6-5-7-17(18)26-28/h5-9,12-13,23,27H,10-11H2,1-4H3,(H,22,24,25)/p+1. The Balaban J connectivity index is 1.63. The van der Waals surface area contributed by atoms with E-state index in [1.165, 1.54) is 0 Å². The second-order valence-corrected chi connectivity index (χ2v) is 8.96. The van der Waals surface area contributed by atoms with Gasteiger partial charge in [-0.15, -0.1) is 4.91 Å². The van der Waals surface area contributed by atoms with E-state index in [2.05, 4.69) is 53.5 Å². The van der Waals surface area contributed by atoms with E-state index in [9.17, 15) is 4.91 Å². The van der Waals surface area contributed by atoms with Crippen LogP contribution in [0.2, 0.25) is 0 Å². The number of nitrogens with zero attached hydrogens (tertiary/aromatic N) is 2. The third-order valence-electron chi connectivity index (χ3n) is 5.29. The zero-order valence-electron chi connectivity index (χ0n) is 16.8. The number of anilines is 1. The van der Waals surface area contributed by atoms with Crippen LogP contribution in [0.4, 0.5) is 11.6 Å². The normalized spacial score (nSPS) is 18.9.